The lowest BCUT2D eigenvalue weighted by atomic mass is 10.1. The van der Waals surface area contributed by atoms with Crippen LogP contribution >= 0.6 is 0 Å². The first-order valence-electron chi connectivity index (χ1n) is 6.01. The number of rotatable bonds is 3. The summed E-state index contributed by atoms with van der Waals surface area (Å²) in [5, 5.41) is 11.8. The second-order valence-corrected chi connectivity index (χ2v) is 4.33. The van der Waals surface area contributed by atoms with Gasteiger partial charge in [-0.15, -0.1) is 0 Å². The summed E-state index contributed by atoms with van der Waals surface area (Å²) in [5.74, 6) is 0. The van der Waals surface area contributed by atoms with Crippen molar-refractivity contribution in [1.82, 2.24) is 10.2 Å². The van der Waals surface area contributed by atoms with E-state index in [-0.39, 0.29) is 12.6 Å². The van der Waals surface area contributed by atoms with E-state index in [0.29, 0.717) is 6.54 Å². The van der Waals surface area contributed by atoms with E-state index in [1.807, 2.05) is 29.2 Å². The fourth-order valence-electron chi connectivity index (χ4n) is 1.97. The molecule has 4 heteroatoms. The van der Waals surface area contributed by atoms with Crippen LogP contribution < -0.4 is 5.32 Å². The lowest BCUT2D eigenvalue weighted by molar-refractivity contribution is 0.208. The van der Waals surface area contributed by atoms with Gasteiger partial charge in [0.15, 0.2) is 0 Å². The predicted octanol–water partition coefficient (Wildman–Crippen LogP) is 1.48. The Labute approximate surface area is 101 Å². The molecule has 0 aliphatic carbocycles. The Morgan fingerprint density at radius 3 is 2.35 bits per heavy atom. The van der Waals surface area contributed by atoms with Gasteiger partial charge in [-0.2, -0.15) is 0 Å². The minimum atomic E-state index is 0.0220. The summed E-state index contributed by atoms with van der Waals surface area (Å²) in [5.41, 5.74) is 1.94. The molecular formula is C13H18N2O2. The van der Waals surface area contributed by atoms with Crippen LogP contribution in [0.3, 0.4) is 0 Å². The van der Waals surface area contributed by atoms with Gasteiger partial charge in [-0.1, -0.05) is 24.3 Å². The first kappa shape index (κ1) is 11.9. The van der Waals surface area contributed by atoms with Crippen molar-refractivity contribution in [3.8, 4) is 0 Å². The van der Waals surface area contributed by atoms with E-state index < -0.39 is 0 Å². The lowest BCUT2D eigenvalue weighted by Gasteiger charge is -2.16. The quantitative estimate of drug-likeness (QED) is 0.832. The van der Waals surface area contributed by atoms with Crippen molar-refractivity contribution in [2.75, 3.05) is 13.1 Å². The van der Waals surface area contributed by atoms with Crippen LogP contribution in [0.4, 0.5) is 4.79 Å². The molecule has 0 bridgehead atoms. The Morgan fingerprint density at radius 2 is 1.76 bits per heavy atom. The fraction of sp³-hybridized carbons (Fsp3) is 0.462. The maximum atomic E-state index is 11.7. The van der Waals surface area contributed by atoms with Gasteiger partial charge < -0.3 is 15.3 Å². The Kier molecular flexibility index (Phi) is 3.98. The van der Waals surface area contributed by atoms with Crippen LogP contribution in [0, 0.1) is 0 Å². The number of urea groups is 1. The average molecular weight is 234 g/mol. The van der Waals surface area contributed by atoms with Gasteiger partial charge in [0.05, 0.1) is 6.61 Å². The third kappa shape index (κ3) is 3.20. The van der Waals surface area contributed by atoms with Crippen molar-refractivity contribution in [2.24, 2.45) is 0 Å². The van der Waals surface area contributed by atoms with Gasteiger partial charge in [0.25, 0.3) is 0 Å². The smallest absolute Gasteiger partial charge is 0.317 e. The normalized spacial score (nSPS) is 15.0. The second-order valence-electron chi connectivity index (χ2n) is 4.33. The Balaban J connectivity index is 1.82. The highest BCUT2D eigenvalue weighted by atomic mass is 16.3. The molecule has 2 N–H and O–H groups in total. The third-order valence-electron chi connectivity index (χ3n) is 3.04. The van der Waals surface area contributed by atoms with E-state index in [0.717, 1.165) is 37.1 Å². The predicted molar refractivity (Wildman–Crippen MR) is 65.4 cm³/mol. The van der Waals surface area contributed by atoms with E-state index >= 15 is 0 Å². The van der Waals surface area contributed by atoms with Gasteiger partial charge in [-0.25, -0.2) is 4.79 Å². The molecule has 1 aromatic rings. The number of aliphatic hydroxyl groups excluding tert-OH is 1. The standard InChI is InChI=1S/C13H18N2O2/c16-10-12-5-3-11(4-6-12)9-14-13(17)15-7-1-2-8-15/h3-6,16H,1-2,7-10H2,(H,14,17). The fourth-order valence-corrected chi connectivity index (χ4v) is 1.97. The molecule has 1 aliphatic heterocycles. The van der Waals surface area contributed by atoms with Crippen molar-refractivity contribution < 1.29 is 9.90 Å². The number of carbonyl (C=O) groups excluding carboxylic acids is 1. The summed E-state index contributed by atoms with van der Waals surface area (Å²) in [6.07, 6.45) is 2.22. The minimum absolute atomic E-state index is 0.0220. The van der Waals surface area contributed by atoms with Crippen molar-refractivity contribution in [3.05, 3.63) is 35.4 Å². The van der Waals surface area contributed by atoms with Crippen LogP contribution in [0.25, 0.3) is 0 Å². The molecule has 1 saturated heterocycles. The van der Waals surface area contributed by atoms with Crippen LogP contribution in [-0.4, -0.2) is 29.1 Å². The molecule has 0 spiro atoms. The molecule has 2 amide bonds. The average Bonchev–Trinajstić information content (AvgIpc) is 2.90. The SMILES string of the molecule is O=C(NCc1ccc(CO)cc1)N1CCCC1. The molecule has 92 valence electrons. The van der Waals surface area contributed by atoms with Crippen LogP contribution in [0.1, 0.15) is 24.0 Å². The van der Waals surface area contributed by atoms with Crippen LogP contribution in [-0.2, 0) is 13.2 Å². The number of aliphatic hydroxyl groups is 1. The molecule has 0 atom stereocenters. The number of likely N-dealkylation sites (tertiary alicyclic amines) is 1. The zero-order valence-electron chi connectivity index (χ0n) is 9.85. The van der Waals surface area contributed by atoms with E-state index in [9.17, 15) is 4.79 Å². The van der Waals surface area contributed by atoms with Gasteiger partial charge in [0.2, 0.25) is 0 Å². The number of benzene rings is 1. The molecule has 1 fully saturated rings. The number of carbonyl (C=O) groups is 1. The first-order valence-corrected chi connectivity index (χ1v) is 6.01. The van der Waals surface area contributed by atoms with Crippen molar-refractivity contribution >= 4 is 6.03 Å². The van der Waals surface area contributed by atoms with Crippen molar-refractivity contribution in [2.45, 2.75) is 26.0 Å². The van der Waals surface area contributed by atoms with E-state index in [4.69, 9.17) is 5.11 Å². The molecule has 0 saturated carbocycles. The third-order valence-corrected chi connectivity index (χ3v) is 3.04. The summed E-state index contributed by atoms with van der Waals surface area (Å²) in [7, 11) is 0. The molecule has 1 aromatic carbocycles. The van der Waals surface area contributed by atoms with Gasteiger partial charge >= 0.3 is 6.03 Å². The number of hydrogen-bond donors (Lipinski definition) is 2. The maximum Gasteiger partial charge on any atom is 0.317 e. The second kappa shape index (κ2) is 5.68. The number of hydrogen-bond acceptors (Lipinski definition) is 2. The van der Waals surface area contributed by atoms with Gasteiger partial charge in [-0.3, -0.25) is 0 Å². The minimum Gasteiger partial charge on any atom is -0.392 e. The van der Waals surface area contributed by atoms with Crippen molar-refractivity contribution in [3.63, 3.8) is 0 Å². The maximum absolute atomic E-state index is 11.7. The molecule has 4 nitrogen and oxygen atoms in total. The molecule has 17 heavy (non-hydrogen) atoms. The van der Waals surface area contributed by atoms with Crippen LogP contribution in [0.15, 0.2) is 24.3 Å². The topological polar surface area (TPSA) is 52.6 Å². The summed E-state index contributed by atoms with van der Waals surface area (Å²) < 4.78 is 0. The van der Waals surface area contributed by atoms with Gasteiger partial charge in [0.1, 0.15) is 0 Å². The van der Waals surface area contributed by atoms with Crippen LogP contribution in [0.5, 0.6) is 0 Å². The van der Waals surface area contributed by atoms with E-state index in [2.05, 4.69) is 5.32 Å². The number of nitrogens with zero attached hydrogens (tertiary/aromatic N) is 1. The highest BCUT2D eigenvalue weighted by molar-refractivity contribution is 5.74. The van der Waals surface area contributed by atoms with Gasteiger partial charge in [0, 0.05) is 19.6 Å². The van der Waals surface area contributed by atoms with E-state index in [1.165, 1.54) is 0 Å². The number of nitrogens with one attached hydrogen (secondary N) is 1. The lowest BCUT2D eigenvalue weighted by Crippen LogP contribution is -2.37. The molecule has 1 aliphatic rings. The zero-order chi connectivity index (χ0) is 12.1. The van der Waals surface area contributed by atoms with Crippen LogP contribution in [0.2, 0.25) is 0 Å². The number of amides is 2. The summed E-state index contributed by atoms with van der Waals surface area (Å²) in [6, 6.07) is 7.62. The molecule has 2 rings (SSSR count). The Bertz CT molecular complexity index is 370. The highest BCUT2D eigenvalue weighted by Crippen LogP contribution is 2.08. The molecular weight excluding hydrogens is 216 g/mol. The summed E-state index contributed by atoms with van der Waals surface area (Å²) in [6.45, 7) is 2.34. The zero-order valence-corrected chi connectivity index (χ0v) is 9.85. The molecule has 0 aromatic heterocycles. The first-order chi connectivity index (χ1) is 8.29. The van der Waals surface area contributed by atoms with Gasteiger partial charge in [-0.05, 0) is 24.0 Å². The largest absolute Gasteiger partial charge is 0.392 e. The van der Waals surface area contributed by atoms with E-state index in [1.54, 1.807) is 0 Å². The molecule has 0 unspecified atom stereocenters. The summed E-state index contributed by atoms with van der Waals surface area (Å²) >= 11 is 0. The Morgan fingerprint density at radius 1 is 1.18 bits per heavy atom. The van der Waals surface area contributed by atoms with Crippen molar-refractivity contribution in [1.29, 1.82) is 0 Å². The highest BCUT2D eigenvalue weighted by Gasteiger charge is 2.16. The monoisotopic (exact) mass is 234 g/mol. The molecule has 0 radical (unpaired) electrons. The summed E-state index contributed by atoms with van der Waals surface area (Å²) in [4.78, 5) is 13.6. The molecule has 1 heterocycles. The Hall–Kier alpha value is -1.55.